The molecule has 0 aliphatic carbocycles. The van der Waals surface area contributed by atoms with Gasteiger partial charge in [0.25, 0.3) is 0 Å². The summed E-state index contributed by atoms with van der Waals surface area (Å²) >= 11 is 0. The Balaban J connectivity index is 1.67. The molecular weight excluding hydrogens is 308 g/mol. The Bertz CT molecular complexity index is 695. The molecule has 2 aromatic heterocycles. The average Bonchev–Trinajstić information content (AvgIpc) is 3.05. The van der Waals surface area contributed by atoms with Gasteiger partial charge in [0.1, 0.15) is 11.6 Å². The first kappa shape index (κ1) is 17.0. The lowest BCUT2D eigenvalue weighted by molar-refractivity contribution is -0.0381. The van der Waals surface area contributed by atoms with E-state index in [4.69, 9.17) is 4.52 Å². The first-order chi connectivity index (χ1) is 11.4. The molecule has 1 saturated heterocycles. The Hall–Kier alpha value is -1.80. The van der Waals surface area contributed by atoms with Gasteiger partial charge in [-0.25, -0.2) is 0 Å². The summed E-state index contributed by atoms with van der Waals surface area (Å²) < 4.78 is 7.22. The maximum absolute atomic E-state index is 10.9. The molecule has 2 aromatic rings. The van der Waals surface area contributed by atoms with Crippen LogP contribution in [0.2, 0.25) is 0 Å². The summed E-state index contributed by atoms with van der Waals surface area (Å²) in [4.78, 5) is 6.44. The molecule has 1 aliphatic rings. The van der Waals surface area contributed by atoms with Crippen molar-refractivity contribution in [1.82, 2.24) is 29.8 Å². The first-order valence-electron chi connectivity index (χ1n) is 8.48. The summed E-state index contributed by atoms with van der Waals surface area (Å²) in [6.45, 7) is 8.19. The molecule has 0 aromatic carbocycles. The van der Waals surface area contributed by atoms with Crippen molar-refractivity contribution < 1.29 is 9.63 Å². The largest absolute Gasteiger partial charge is 0.388 e. The predicted octanol–water partition coefficient (Wildman–Crippen LogP) is 1.20. The summed E-state index contributed by atoms with van der Waals surface area (Å²) in [6, 6.07) is 0. The number of nitrogens with zero attached hydrogens (tertiary/aromatic N) is 6. The molecule has 1 atom stereocenters. The van der Waals surface area contributed by atoms with E-state index in [-0.39, 0.29) is 0 Å². The quantitative estimate of drug-likeness (QED) is 0.878. The Morgan fingerprint density at radius 1 is 1.33 bits per heavy atom. The summed E-state index contributed by atoms with van der Waals surface area (Å²) in [5.41, 5.74) is -0.837. The van der Waals surface area contributed by atoms with Gasteiger partial charge in [0.2, 0.25) is 5.89 Å². The first-order valence-corrected chi connectivity index (χ1v) is 8.48. The van der Waals surface area contributed by atoms with E-state index in [9.17, 15) is 5.11 Å². The highest BCUT2D eigenvalue weighted by molar-refractivity contribution is 5.01. The molecule has 3 rings (SSSR count). The van der Waals surface area contributed by atoms with Crippen LogP contribution >= 0.6 is 0 Å². The molecular formula is C16H26N6O2. The molecule has 1 N–H and O–H groups in total. The van der Waals surface area contributed by atoms with Crippen molar-refractivity contribution in [3.05, 3.63) is 23.4 Å². The second kappa shape index (κ2) is 6.60. The number of β-amino-alcohol motifs (C(OH)–C–C–N with tert-alkyl or cyclic N) is 1. The Labute approximate surface area is 141 Å². The highest BCUT2D eigenvalue weighted by Crippen LogP contribution is 2.26. The summed E-state index contributed by atoms with van der Waals surface area (Å²) in [5, 5.41) is 23.3. The maximum Gasteiger partial charge on any atom is 0.229 e. The molecule has 0 saturated carbocycles. The molecule has 132 valence electrons. The third kappa shape index (κ3) is 3.64. The number of rotatable bonds is 5. The van der Waals surface area contributed by atoms with Crippen molar-refractivity contribution in [2.45, 2.75) is 58.1 Å². The Morgan fingerprint density at radius 2 is 2.12 bits per heavy atom. The van der Waals surface area contributed by atoms with Crippen LogP contribution in [0.1, 0.15) is 56.0 Å². The van der Waals surface area contributed by atoms with E-state index in [2.05, 4.69) is 43.7 Å². The van der Waals surface area contributed by atoms with E-state index >= 15 is 0 Å². The highest BCUT2D eigenvalue weighted by atomic mass is 16.5. The highest BCUT2D eigenvalue weighted by Gasteiger charge is 2.35. The van der Waals surface area contributed by atoms with Crippen LogP contribution in [-0.2, 0) is 20.0 Å². The maximum atomic E-state index is 10.9. The predicted molar refractivity (Wildman–Crippen MR) is 87.3 cm³/mol. The standard InChI is InChI=1S/C16H26N6O2/c1-11(2)15-19-18-13(21(15)4)9-22-7-5-6-16(23,10-22)8-14-17-12(3)20-24-14/h11,23H,5-10H2,1-4H3. The van der Waals surface area contributed by atoms with E-state index in [0.717, 1.165) is 31.0 Å². The minimum absolute atomic E-state index is 0.343. The van der Waals surface area contributed by atoms with E-state index in [1.165, 1.54) is 0 Å². The van der Waals surface area contributed by atoms with Gasteiger partial charge < -0.3 is 14.2 Å². The topological polar surface area (TPSA) is 93.1 Å². The van der Waals surface area contributed by atoms with Gasteiger partial charge >= 0.3 is 0 Å². The number of hydrogen-bond acceptors (Lipinski definition) is 7. The van der Waals surface area contributed by atoms with Crippen molar-refractivity contribution in [2.24, 2.45) is 7.05 Å². The van der Waals surface area contributed by atoms with Crippen LogP contribution in [0.3, 0.4) is 0 Å². The van der Waals surface area contributed by atoms with Crippen molar-refractivity contribution in [2.75, 3.05) is 13.1 Å². The number of hydrogen-bond donors (Lipinski definition) is 1. The van der Waals surface area contributed by atoms with Crippen LogP contribution in [0.5, 0.6) is 0 Å². The van der Waals surface area contributed by atoms with Crippen LogP contribution in [-0.4, -0.2) is 53.6 Å². The monoisotopic (exact) mass is 334 g/mol. The van der Waals surface area contributed by atoms with Gasteiger partial charge in [-0.1, -0.05) is 19.0 Å². The minimum Gasteiger partial charge on any atom is -0.388 e. The smallest absolute Gasteiger partial charge is 0.229 e. The molecule has 1 aliphatic heterocycles. The minimum atomic E-state index is -0.837. The molecule has 8 nitrogen and oxygen atoms in total. The van der Waals surface area contributed by atoms with Crippen LogP contribution in [0.25, 0.3) is 0 Å². The molecule has 1 fully saturated rings. The number of piperidine rings is 1. The van der Waals surface area contributed by atoms with Gasteiger partial charge in [-0.3, -0.25) is 4.90 Å². The zero-order valence-corrected chi connectivity index (χ0v) is 14.9. The SMILES string of the molecule is Cc1noc(CC2(O)CCCN(Cc3nnc(C(C)C)n3C)C2)n1. The fraction of sp³-hybridized carbons (Fsp3) is 0.750. The summed E-state index contributed by atoms with van der Waals surface area (Å²) in [7, 11) is 2.00. The number of aromatic nitrogens is 5. The van der Waals surface area contributed by atoms with Gasteiger partial charge in [-0.15, -0.1) is 10.2 Å². The number of likely N-dealkylation sites (tertiary alicyclic amines) is 1. The van der Waals surface area contributed by atoms with Gasteiger partial charge in [0, 0.05) is 19.5 Å². The Kier molecular flexibility index (Phi) is 4.69. The third-order valence-corrected chi connectivity index (χ3v) is 4.56. The van der Waals surface area contributed by atoms with E-state index in [1.807, 2.05) is 7.05 Å². The van der Waals surface area contributed by atoms with E-state index in [0.29, 0.717) is 37.1 Å². The summed E-state index contributed by atoms with van der Waals surface area (Å²) in [5.74, 6) is 3.35. The Morgan fingerprint density at radius 3 is 2.75 bits per heavy atom. The zero-order chi connectivity index (χ0) is 17.3. The second-order valence-corrected chi connectivity index (χ2v) is 7.14. The zero-order valence-electron chi connectivity index (χ0n) is 14.9. The van der Waals surface area contributed by atoms with Crippen molar-refractivity contribution in [3.63, 3.8) is 0 Å². The molecule has 1 unspecified atom stereocenters. The number of aliphatic hydroxyl groups is 1. The summed E-state index contributed by atoms with van der Waals surface area (Å²) in [6.07, 6.45) is 2.06. The normalized spacial score (nSPS) is 22.4. The van der Waals surface area contributed by atoms with Gasteiger partial charge in [0.05, 0.1) is 18.6 Å². The van der Waals surface area contributed by atoms with Gasteiger partial charge in [-0.05, 0) is 26.3 Å². The molecule has 3 heterocycles. The average molecular weight is 334 g/mol. The van der Waals surface area contributed by atoms with Crippen molar-refractivity contribution >= 4 is 0 Å². The van der Waals surface area contributed by atoms with Gasteiger partial charge in [-0.2, -0.15) is 4.98 Å². The van der Waals surface area contributed by atoms with Crippen LogP contribution < -0.4 is 0 Å². The molecule has 24 heavy (non-hydrogen) atoms. The molecule has 8 heteroatoms. The molecule has 0 radical (unpaired) electrons. The van der Waals surface area contributed by atoms with Crippen molar-refractivity contribution in [3.8, 4) is 0 Å². The second-order valence-electron chi connectivity index (χ2n) is 7.14. The lowest BCUT2D eigenvalue weighted by atomic mass is 9.89. The van der Waals surface area contributed by atoms with Crippen LogP contribution in [0.15, 0.2) is 4.52 Å². The molecule has 0 amide bonds. The lowest BCUT2D eigenvalue weighted by Crippen LogP contribution is -2.49. The van der Waals surface area contributed by atoms with E-state index < -0.39 is 5.60 Å². The van der Waals surface area contributed by atoms with Crippen LogP contribution in [0, 0.1) is 6.92 Å². The number of aryl methyl sites for hydroxylation is 1. The fourth-order valence-electron chi connectivity index (χ4n) is 3.39. The molecule has 0 bridgehead atoms. The van der Waals surface area contributed by atoms with Crippen LogP contribution in [0.4, 0.5) is 0 Å². The fourth-order valence-corrected chi connectivity index (χ4v) is 3.39. The van der Waals surface area contributed by atoms with Crippen molar-refractivity contribution in [1.29, 1.82) is 0 Å². The third-order valence-electron chi connectivity index (χ3n) is 4.56. The van der Waals surface area contributed by atoms with Gasteiger partial charge in [0.15, 0.2) is 5.82 Å². The lowest BCUT2D eigenvalue weighted by Gasteiger charge is -2.38. The molecule has 0 spiro atoms. The van der Waals surface area contributed by atoms with E-state index in [1.54, 1.807) is 6.92 Å².